The molecule has 22 heavy (non-hydrogen) atoms. The molecule has 118 valence electrons. The van der Waals surface area contributed by atoms with Gasteiger partial charge in [0.15, 0.2) is 5.78 Å². The number of thioether (sulfide) groups is 1. The van der Waals surface area contributed by atoms with Gasteiger partial charge in [0, 0.05) is 29.7 Å². The van der Waals surface area contributed by atoms with Crippen molar-refractivity contribution in [2.24, 2.45) is 5.92 Å². The highest BCUT2D eigenvalue weighted by Crippen LogP contribution is 2.21. The van der Waals surface area contributed by atoms with Gasteiger partial charge in [0.05, 0.1) is 10.8 Å². The molecule has 0 fully saturated rings. The molecule has 0 unspecified atom stereocenters. The van der Waals surface area contributed by atoms with Crippen molar-refractivity contribution in [3.63, 3.8) is 0 Å². The van der Waals surface area contributed by atoms with Crippen LogP contribution < -0.4 is 0 Å². The molecule has 0 spiro atoms. The fourth-order valence-electron chi connectivity index (χ4n) is 2.46. The van der Waals surface area contributed by atoms with Crippen LogP contribution in [0.2, 0.25) is 0 Å². The molecule has 0 aliphatic carbocycles. The van der Waals surface area contributed by atoms with Crippen molar-refractivity contribution in [2.75, 3.05) is 5.75 Å². The third-order valence-corrected chi connectivity index (χ3v) is 4.74. The minimum Gasteiger partial charge on any atom is -0.348 e. The van der Waals surface area contributed by atoms with E-state index in [1.165, 1.54) is 17.5 Å². The number of nitrogens with zero attached hydrogens (tertiary/aromatic N) is 2. The number of carbonyl (C=O) groups excluding carboxylic acids is 1. The van der Waals surface area contributed by atoms with Gasteiger partial charge in [-0.15, -0.1) is 0 Å². The zero-order chi connectivity index (χ0) is 16.1. The molecule has 0 aromatic carbocycles. The summed E-state index contributed by atoms with van der Waals surface area (Å²) in [4.78, 5) is 16.7. The second kappa shape index (κ2) is 7.63. The molecule has 0 N–H and O–H groups in total. The van der Waals surface area contributed by atoms with Crippen molar-refractivity contribution in [3.8, 4) is 0 Å². The van der Waals surface area contributed by atoms with Gasteiger partial charge in [-0.1, -0.05) is 31.7 Å². The van der Waals surface area contributed by atoms with E-state index in [1.807, 2.05) is 31.2 Å². The van der Waals surface area contributed by atoms with Crippen LogP contribution in [0, 0.1) is 19.8 Å². The number of ketones is 1. The molecule has 0 aliphatic rings. The predicted molar refractivity (Wildman–Crippen MR) is 92.7 cm³/mol. The number of pyridine rings is 1. The number of hydrogen-bond acceptors (Lipinski definition) is 3. The monoisotopic (exact) mass is 316 g/mol. The molecule has 0 amide bonds. The van der Waals surface area contributed by atoms with Crippen LogP contribution in [-0.2, 0) is 6.54 Å². The molecular weight excluding hydrogens is 292 g/mol. The molecule has 2 aromatic heterocycles. The van der Waals surface area contributed by atoms with Crippen molar-refractivity contribution >= 4 is 17.5 Å². The summed E-state index contributed by atoms with van der Waals surface area (Å²) in [6.45, 7) is 9.56. The van der Waals surface area contributed by atoms with E-state index >= 15 is 0 Å². The summed E-state index contributed by atoms with van der Waals surface area (Å²) in [5, 5.41) is 0.893. The van der Waals surface area contributed by atoms with Gasteiger partial charge in [0.1, 0.15) is 0 Å². The van der Waals surface area contributed by atoms with Crippen LogP contribution in [0.5, 0.6) is 0 Å². The summed E-state index contributed by atoms with van der Waals surface area (Å²) < 4.78 is 2.26. The number of hydrogen-bond donors (Lipinski definition) is 0. The fourth-order valence-corrected chi connectivity index (χ4v) is 3.21. The first-order valence-corrected chi connectivity index (χ1v) is 8.71. The third-order valence-electron chi connectivity index (χ3n) is 3.79. The maximum atomic E-state index is 12.5. The highest BCUT2D eigenvalue weighted by atomic mass is 32.2. The SMILES string of the molecule is Cc1cc(C(=O)CSc2ccccn2)c(C)n1CCC(C)C. The van der Waals surface area contributed by atoms with E-state index in [9.17, 15) is 4.79 Å². The molecular formula is C18H24N2OS. The number of carbonyl (C=O) groups is 1. The van der Waals surface area contributed by atoms with Gasteiger partial charge in [0.25, 0.3) is 0 Å². The summed E-state index contributed by atoms with van der Waals surface area (Å²) in [5.41, 5.74) is 3.11. The maximum absolute atomic E-state index is 12.5. The lowest BCUT2D eigenvalue weighted by atomic mass is 10.1. The Kier molecular flexibility index (Phi) is 5.83. The van der Waals surface area contributed by atoms with E-state index in [4.69, 9.17) is 0 Å². The summed E-state index contributed by atoms with van der Waals surface area (Å²) >= 11 is 1.50. The molecule has 0 saturated heterocycles. The summed E-state index contributed by atoms with van der Waals surface area (Å²) in [6.07, 6.45) is 2.89. The van der Waals surface area contributed by atoms with Crippen LogP contribution in [-0.4, -0.2) is 21.1 Å². The second-order valence-corrected chi connectivity index (χ2v) is 6.99. The minimum atomic E-state index is 0.180. The van der Waals surface area contributed by atoms with E-state index < -0.39 is 0 Å². The molecule has 0 bridgehead atoms. The lowest BCUT2D eigenvalue weighted by molar-refractivity contribution is 0.102. The number of aromatic nitrogens is 2. The summed E-state index contributed by atoms with van der Waals surface area (Å²) in [6, 6.07) is 7.78. The Morgan fingerprint density at radius 3 is 2.73 bits per heavy atom. The van der Waals surface area contributed by atoms with E-state index in [0.29, 0.717) is 11.7 Å². The van der Waals surface area contributed by atoms with Gasteiger partial charge in [-0.3, -0.25) is 4.79 Å². The molecule has 2 heterocycles. The van der Waals surface area contributed by atoms with Crippen LogP contribution in [0.4, 0.5) is 0 Å². The Morgan fingerprint density at radius 1 is 1.32 bits per heavy atom. The van der Waals surface area contributed by atoms with Gasteiger partial charge in [-0.2, -0.15) is 0 Å². The second-order valence-electron chi connectivity index (χ2n) is 6.00. The van der Waals surface area contributed by atoms with Gasteiger partial charge < -0.3 is 4.57 Å². The van der Waals surface area contributed by atoms with Crippen LogP contribution in [0.15, 0.2) is 35.5 Å². The molecule has 0 saturated carbocycles. The van der Waals surface area contributed by atoms with Gasteiger partial charge in [-0.05, 0) is 44.4 Å². The average Bonchev–Trinajstić information content (AvgIpc) is 2.78. The molecule has 2 aromatic rings. The minimum absolute atomic E-state index is 0.180. The molecule has 0 radical (unpaired) electrons. The van der Waals surface area contributed by atoms with Gasteiger partial charge >= 0.3 is 0 Å². The smallest absolute Gasteiger partial charge is 0.174 e. The lowest BCUT2D eigenvalue weighted by Gasteiger charge is -2.11. The van der Waals surface area contributed by atoms with E-state index in [0.717, 1.165) is 29.2 Å². The van der Waals surface area contributed by atoms with Crippen LogP contribution >= 0.6 is 11.8 Å². The van der Waals surface area contributed by atoms with Gasteiger partial charge in [-0.25, -0.2) is 4.98 Å². The largest absolute Gasteiger partial charge is 0.348 e. The fraction of sp³-hybridized carbons (Fsp3) is 0.444. The molecule has 2 rings (SSSR count). The van der Waals surface area contributed by atoms with Crippen molar-refractivity contribution < 1.29 is 4.79 Å². The normalized spacial score (nSPS) is 11.1. The van der Waals surface area contributed by atoms with E-state index in [2.05, 4.69) is 30.3 Å². The first-order chi connectivity index (χ1) is 10.5. The quantitative estimate of drug-likeness (QED) is 0.556. The van der Waals surface area contributed by atoms with Crippen LogP contribution in [0.1, 0.15) is 42.0 Å². The number of rotatable bonds is 7. The highest BCUT2D eigenvalue weighted by molar-refractivity contribution is 7.99. The Hall–Kier alpha value is -1.55. The van der Waals surface area contributed by atoms with Crippen molar-refractivity contribution in [1.82, 2.24) is 9.55 Å². The Bertz CT molecular complexity index is 632. The standard InChI is InChI=1S/C18H24N2OS/c1-13(2)8-10-20-14(3)11-16(15(20)4)17(21)12-22-18-7-5-6-9-19-18/h5-7,9,11,13H,8,10,12H2,1-4H3. The first kappa shape index (κ1) is 16.8. The Labute approximate surface area is 137 Å². The molecule has 0 atom stereocenters. The Balaban J connectivity index is 2.05. The zero-order valence-corrected chi connectivity index (χ0v) is 14.6. The predicted octanol–water partition coefficient (Wildman–Crippen LogP) is 4.52. The molecule has 3 nitrogen and oxygen atoms in total. The van der Waals surface area contributed by atoms with Crippen LogP contribution in [0.25, 0.3) is 0 Å². The van der Waals surface area contributed by atoms with Crippen molar-refractivity contribution in [1.29, 1.82) is 0 Å². The third kappa shape index (κ3) is 4.23. The van der Waals surface area contributed by atoms with Crippen molar-refractivity contribution in [2.45, 2.75) is 45.7 Å². The molecule has 0 aliphatic heterocycles. The summed E-state index contributed by atoms with van der Waals surface area (Å²) in [7, 11) is 0. The average molecular weight is 316 g/mol. The van der Waals surface area contributed by atoms with Gasteiger partial charge in [0.2, 0.25) is 0 Å². The summed E-state index contributed by atoms with van der Waals surface area (Å²) in [5.74, 6) is 1.28. The number of aryl methyl sites for hydroxylation is 1. The highest BCUT2D eigenvalue weighted by Gasteiger charge is 2.16. The lowest BCUT2D eigenvalue weighted by Crippen LogP contribution is -2.08. The first-order valence-electron chi connectivity index (χ1n) is 7.72. The van der Waals surface area contributed by atoms with E-state index in [1.54, 1.807) is 6.20 Å². The zero-order valence-electron chi connectivity index (χ0n) is 13.8. The van der Waals surface area contributed by atoms with Crippen LogP contribution in [0.3, 0.4) is 0 Å². The topological polar surface area (TPSA) is 34.9 Å². The number of Topliss-reactive ketones (excluding diaryl/α,β-unsaturated/α-hetero) is 1. The maximum Gasteiger partial charge on any atom is 0.174 e. The Morgan fingerprint density at radius 2 is 2.09 bits per heavy atom. The molecule has 4 heteroatoms. The van der Waals surface area contributed by atoms with Crippen molar-refractivity contribution in [3.05, 3.63) is 47.4 Å². The van der Waals surface area contributed by atoms with E-state index in [-0.39, 0.29) is 5.78 Å².